The average Bonchev–Trinajstić information content (AvgIpc) is 3.17. The van der Waals surface area contributed by atoms with Crippen molar-refractivity contribution < 1.29 is 58.6 Å². The zero-order valence-electron chi connectivity index (χ0n) is 23.3. The van der Waals surface area contributed by atoms with Crippen LogP contribution in [0.3, 0.4) is 0 Å². The molecule has 2 saturated heterocycles. The molecule has 5 rings (SSSR count). The van der Waals surface area contributed by atoms with E-state index in [1.807, 2.05) is 0 Å². The monoisotopic (exact) mass is 564 g/mol. The van der Waals surface area contributed by atoms with Crippen molar-refractivity contribution in [1.29, 1.82) is 0 Å². The fourth-order valence-corrected chi connectivity index (χ4v) is 8.37. The van der Waals surface area contributed by atoms with Gasteiger partial charge in [-0.2, -0.15) is 0 Å². The molecule has 0 amide bonds. The molecule has 2 saturated carbocycles. The number of hydrogen-bond acceptors (Lipinski definition) is 12. The van der Waals surface area contributed by atoms with Crippen molar-refractivity contribution >= 4 is 23.7 Å². The molecule has 4 fully saturated rings. The first-order chi connectivity index (χ1) is 18.5. The van der Waals surface area contributed by atoms with E-state index < -0.39 is 87.9 Å². The molecule has 2 heterocycles. The zero-order valence-corrected chi connectivity index (χ0v) is 23.3. The van der Waals surface area contributed by atoms with Crippen LogP contribution in [0.5, 0.6) is 0 Å². The van der Waals surface area contributed by atoms with Gasteiger partial charge in [0.25, 0.3) is 0 Å². The lowest BCUT2D eigenvalue weighted by Crippen LogP contribution is -2.79. The Kier molecular flexibility index (Phi) is 6.35. The number of hydrogen-bond donors (Lipinski definition) is 4. The highest BCUT2D eigenvalue weighted by atomic mass is 16.6. The van der Waals surface area contributed by atoms with Crippen LogP contribution in [0.25, 0.3) is 0 Å². The highest BCUT2D eigenvalue weighted by Crippen LogP contribution is 2.72. The maximum absolute atomic E-state index is 13.5. The summed E-state index contributed by atoms with van der Waals surface area (Å²) in [6.07, 6.45) is -5.28. The largest absolute Gasteiger partial charge is 0.504 e. The first kappa shape index (κ1) is 28.7. The summed E-state index contributed by atoms with van der Waals surface area (Å²) in [5.74, 6) is -6.76. The van der Waals surface area contributed by atoms with Crippen molar-refractivity contribution in [2.45, 2.75) is 83.1 Å². The van der Waals surface area contributed by atoms with Crippen LogP contribution >= 0.6 is 0 Å². The lowest BCUT2D eigenvalue weighted by Gasteiger charge is -2.67. The van der Waals surface area contributed by atoms with Gasteiger partial charge < -0.3 is 39.4 Å². The Balaban J connectivity index is 1.70. The van der Waals surface area contributed by atoms with Gasteiger partial charge in [0.2, 0.25) is 11.7 Å². The Morgan fingerprint density at radius 3 is 2.42 bits per heavy atom. The summed E-state index contributed by atoms with van der Waals surface area (Å²) in [5.41, 5.74) is -5.43. The molecule has 0 radical (unpaired) electrons. The molecule has 2 aliphatic heterocycles. The van der Waals surface area contributed by atoms with Crippen LogP contribution in [0, 0.1) is 28.6 Å². The van der Waals surface area contributed by atoms with Crippen molar-refractivity contribution in [3.05, 3.63) is 23.0 Å². The van der Waals surface area contributed by atoms with Crippen LogP contribution in [0.4, 0.5) is 0 Å². The predicted octanol–water partition coefficient (Wildman–Crippen LogP) is 0.268. The second-order valence-electron chi connectivity index (χ2n) is 12.7. The molecule has 4 N–H and O–H groups in total. The van der Waals surface area contributed by atoms with Crippen molar-refractivity contribution in [3.8, 4) is 0 Å². The number of carbonyl (C=O) groups is 4. The van der Waals surface area contributed by atoms with E-state index in [0.717, 1.165) is 13.2 Å². The fraction of sp³-hybridized carbons (Fsp3) is 0.714. The SMILES string of the molecule is COC(=O)[C@@]12OC[C@]34[C@H]([C@@H](O)[C@@H]1O)[C@@]1(C)CC(=O)C(O)=C(C)[C@@H]1C[C@H]3OC(=O)[C@H](OC(=O)/C=C(\C)C(C)(C)O)[C@@H]24. The molecule has 0 aromatic carbocycles. The van der Waals surface area contributed by atoms with Gasteiger partial charge in [-0.3, -0.25) is 4.79 Å². The van der Waals surface area contributed by atoms with Crippen molar-refractivity contribution in [1.82, 2.24) is 0 Å². The number of ether oxygens (including phenoxy) is 4. The molecule has 10 atom stereocenters. The first-order valence-electron chi connectivity index (χ1n) is 13.3. The Morgan fingerprint density at radius 2 is 1.82 bits per heavy atom. The van der Waals surface area contributed by atoms with Crippen molar-refractivity contribution in [2.75, 3.05) is 13.7 Å². The van der Waals surface area contributed by atoms with Gasteiger partial charge in [-0.25, -0.2) is 14.4 Å². The summed E-state index contributed by atoms with van der Waals surface area (Å²) in [4.78, 5) is 52.8. The number of methoxy groups -OCH3 is 1. The van der Waals surface area contributed by atoms with E-state index in [1.165, 1.54) is 20.8 Å². The van der Waals surface area contributed by atoms with Gasteiger partial charge >= 0.3 is 17.9 Å². The molecule has 40 heavy (non-hydrogen) atoms. The third-order valence-electron chi connectivity index (χ3n) is 10.4. The number of rotatable bonds is 4. The van der Waals surface area contributed by atoms with Crippen LogP contribution in [-0.2, 0) is 38.1 Å². The minimum atomic E-state index is -2.28. The lowest BCUT2D eigenvalue weighted by atomic mass is 9.38. The van der Waals surface area contributed by atoms with E-state index in [-0.39, 0.29) is 30.8 Å². The second kappa shape index (κ2) is 8.85. The third kappa shape index (κ3) is 3.45. The number of carbonyl (C=O) groups excluding carboxylic acids is 4. The summed E-state index contributed by atoms with van der Waals surface area (Å²) < 4.78 is 22.6. The Hall–Kier alpha value is -2.80. The van der Waals surface area contributed by atoms with E-state index in [0.29, 0.717) is 5.57 Å². The first-order valence-corrected chi connectivity index (χ1v) is 13.3. The third-order valence-corrected chi connectivity index (χ3v) is 10.4. The fourth-order valence-electron chi connectivity index (χ4n) is 8.37. The minimum Gasteiger partial charge on any atom is -0.504 e. The summed E-state index contributed by atoms with van der Waals surface area (Å²) in [7, 11) is 1.07. The van der Waals surface area contributed by atoms with Gasteiger partial charge in [-0.15, -0.1) is 0 Å². The Labute approximate surface area is 230 Å². The molecule has 3 aliphatic carbocycles. The molecule has 2 bridgehead atoms. The molecule has 12 heteroatoms. The summed E-state index contributed by atoms with van der Waals surface area (Å²) in [6.45, 7) is 7.54. The van der Waals surface area contributed by atoms with E-state index in [1.54, 1.807) is 13.8 Å². The number of allylic oxidation sites excluding steroid dienone is 2. The van der Waals surface area contributed by atoms with Gasteiger partial charge in [-0.1, -0.05) is 6.92 Å². The van der Waals surface area contributed by atoms with Crippen molar-refractivity contribution in [2.24, 2.45) is 28.6 Å². The van der Waals surface area contributed by atoms with Crippen LogP contribution < -0.4 is 0 Å². The van der Waals surface area contributed by atoms with E-state index >= 15 is 0 Å². The predicted molar refractivity (Wildman–Crippen MR) is 133 cm³/mol. The number of aliphatic hydroxyl groups is 4. The highest BCUT2D eigenvalue weighted by molar-refractivity contribution is 5.95. The highest BCUT2D eigenvalue weighted by Gasteiger charge is 2.85. The number of Topliss-reactive ketones (excluding diaryl/α,β-unsaturated/α-hetero) is 1. The zero-order chi connectivity index (χ0) is 29.7. The maximum Gasteiger partial charge on any atom is 0.348 e. The number of aliphatic hydroxyl groups excluding tert-OH is 3. The molecular formula is C28H36O12. The van der Waals surface area contributed by atoms with Gasteiger partial charge in [-0.05, 0) is 56.6 Å². The summed E-state index contributed by atoms with van der Waals surface area (Å²) in [5, 5.41) is 44.0. The number of esters is 3. The molecule has 5 aliphatic rings. The standard InChI is InChI=1S/C28H36O12/c1-11(25(3,4)36)7-16(30)40-19-21-27-10-38-28(21,24(35)37-6)22(33)18(32)20(27)26(5)9-14(29)17(31)12(2)13(26)8-15(27)39-23(19)34/h7,13,15,18-22,31-33,36H,8-10H2,1-6H3/b11-7+/t13-,15+,18+,19+,20+,21+,22-,26-,27+,28-/m0/s1. The van der Waals surface area contributed by atoms with Gasteiger partial charge in [0.05, 0.1) is 31.3 Å². The van der Waals surface area contributed by atoms with E-state index in [2.05, 4.69) is 0 Å². The van der Waals surface area contributed by atoms with Crippen LogP contribution in [-0.4, -0.2) is 93.5 Å². The van der Waals surface area contributed by atoms with Crippen LogP contribution in [0.2, 0.25) is 0 Å². The molecule has 0 unspecified atom stereocenters. The van der Waals surface area contributed by atoms with Crippen LogP contribution in [0.15, 0.2) is 23.0 Å². The average molecular weight is 565 g/mol. The molecule has 1 spiro atoms. The van der Waals surface area contributed by atoms with Gasteiger partial charge in [0, 0.05) is 23.8 Å². The number of fused-ring (bicyclic) bond motifs is 2. The molecule has 220 valence electrons. The topological polar surface area (TPSA) is 186 Å². The maximum atomic E-state index is 13.5. The number of ketones is 1. The second-order valence-corrected chi connectivity index (χ2v) is 12.7. The lowest BCUT2D eigenvalue weighted by molar-refractivity contribution is -0.290. The van der Waals surface area contributed by atoms with Gasteiger partial charge in [0.1, 0.15) is 12.2 Å². The Bertz CT molecular complexity index is 1240. The van der Waals surface area contributed by atoms with Crippen LogP contribution in [0.1, 0.15) is 47.5 Å². The smallest absolute Gasteiger partial charge is 0.348 e. The molecule has 0 aromatic rings. The summed E-state index contributed by atoms with van der Waals surface area (Å²) in [6, 6.07) is 0. The Morgan fingerprint density at radius 1 is 1.18 bits per heavy atom. The van der Waals surface area contributed by atoms with E-state index in [4.69, 9.17) is 18.9 Å². The normalized spacial score (nSPS) is 44.4. The van der Waals surface area contributed by atoms with Gasteiger partial charge in [0.15, 0.2) is 11.5 Å². The minimum absolute atomic E-state index is 0.139. The van der Waals surface area contributed by atoms with E-state index in [9.17, 15) is 39.6 Å². The molecule has 12 nitrogen and oxygen atoms in total. The quantitative estimate of drug-likeness (QED) is 0.208. The van der Waals surface area contributed by atoms with Crippen molar-refractivity contribution in [3.63, 3.8) is 0 Å². The molecule has 0 aromatic heterocycles. The molecular weight excluding hydrogens is 528 g/mol. The summed E-state index contributed by atoms with van der Waals surface area (Å²) >= 11 is 0.